The van der Waals surface area contributed by atoms with E-state index in [1.165, 1.54) is 0 Å². The molecule has 2 unspecified atom stereocenters. The molecule has 1 fully saturated rings. The third kappa shape index (κ3) is 2.08. The molecule has 18 heavy (non-hydrogen) atoms. The molecule has 1 amide bonds. The lowest BCUT2D eigenvalue weighted by atomic mass is 9.94. The molecule has 0 aliphatic carbocycles. The second kappa shape index (κ2) is 4.76. The summed E-state index contributed by atoms with van der Waals surface area (Å²) in [5, 5.41) is 9.23. The Morgan fingerprint density at radius 1 is 1.56 bits per heavy atom. The fraction of sp³-hybridized carbons (Fsp3) is 0.462. The number of aromatic nitrogens is 1. The fourth-order valence-electron chi connectivity index (χ4n) is 2.45. The average molecular weight is 248 g/mol. The highest BCUT2D eigenvalue weighted by Crippen LogP contribution is 2.37. The molecule has 0 radical (unpaired) electrons. The van der Waals surface area contributed by atoms with E-state index in [0.29, 0.717) is 6.54 Å². The minimum Gasteiger partial charge on any atom is -0.481 e. The Hall–Kier alpha value is -1.91. The van der Waals surface area contributed by atoms with Crippen LogP contribution in [0.5, 0.6) is 0 Å². The van der Waals surface area contributed by atoms with E-state index in [0.717, 1.165) is 11.3 Å². The number of carbonyl (C=O) groups excluding carboxylic acids is 1. The van der Waals surface area contributed by atoms with E-state index in [2.05, 4.69) is 4.98 Å². The van der Waals surface area contributed by atoms with Gasteiger partial charge in [-0.15, -0.1) is 0 Å². The third-order valence-electron chi connectivity index (χ3n) is 3.37. The van der Waals surface area contributed by atoms with E-state index in [4.69, 9.17) is 0 Å². The van der Waals surface area contributed by atoms with Crippen LogP contribution in [0.4, 0.5) is 0 Å². The lowest BCUT2D eigenvalue weighted by molar-refractivity contribution is -0.142. The fourth-order valence-corrected chi connectivity index (χ4v) is 2.45. The van der Waals surface area contributed by atoms with E-state index in [9.17, 15) is 14.7 Å². The normalized spacial score (nSPS) is 23.4. The number of carboxylic acid groups (broad SMARTS) is 1. The summed E-state index contributed by atoms with van der Waals surface area (Å²) < 4.78 is 0. The first-order valence-electron chi connectivity index (χ1n) is 5.99. The Morgan fingerprint density at radius 2 is 2.28 bits per heavy atom. The van der Waals surface area contributed by atoms with E-state index in [-0.39, 0.29) is 12.3 Å². The van der Waals surface area contributed by atoms with Gasteiger partial charge in [0.1, 0.15) is 0 Å². The molecule has 1 aliphatic heterocycles. The van der Waals surface area contributed by atoms with Crippen molar-refractivity contribution >= 4 is 11.9 Å². The second-order valence-corrected chi connectivity index (χ2v) is 4.51. The number of aliphatic carboxylic acids is 1. The summed E-state index contributed by atoms with van der Waals surface area (Å²) in [6.45, 7) is 4.24. The zero-order valence-electron chi connectivity index (χ0n) is 10.5. The first-order chi connectivity index (χ1) is 8.54. The molecular weight excluding hydrogens is 232 g/mol. The number of pyridine rings is 1. The summed E-state index contributed by atoms with van der Waals surface area (Å²) >= 11 is 0. The molecule has 0 aromatic carbocycles. The van der Waals surface area contributed by atoms with Gasteiger partial charge in [0.25, 0.3) is 0 Å². The van der Waals surface area contributed by atoms with Gasteiger partial charge in [0, 0.05) is 24.9 Å². The van der Waals surface area contributed by atoms with Crippen LogP contribution < -0.4 is 0 Å². The smallest absolute Gasteiger partial charge is 0.309 e. The second-order valence-electron chi connectivity index (χ2n) is 4.51. The summed E-state index contributed by atoms with van der Waals surface area (Å²) in [6, 6.07) is 3.29. The van der Waals surface area contributed by atoms with Crippen LogP contribution in [0.3, 0.4) is 0 Å². The van der Waals surface area contributed by atoms with Crippen molar-refractivity contribution in [3.63, 3.8) is 0 Å². The molecule has 0 bridgehead atoms. The van der Waals surface area contributed by atoms with Gasteiger partial charge >= 0.3 is 5.97 Å². The van der Waals surface area contributed by atoms with Gasteiger partial charge in [-0.05, 0) is 25.5 Å². The number of likely N-dealkylation sites (tertiary alicyclic amines) is 1. The number of carbonyl (C=O) groups is 2. The Kier molecular flexibility index (Phi) is 3.32. The molecule has 1 aromatic heterocycles. The van der Waals surface area contributed by atoms with Crippen LogP contribution in [0.2, 0.25) is 0 Å². The molecule has 1 saturated heterocycles. The Morgan fingerprint density at radius 3 is 2.78 bits per heavy atom. The van der Waals surface area contributed by atoms with Crippen LogP contribution in [-0.2, 0) is 9.59 Å². The highest BCUT2D eigenvalue weighted by Gasteiger charge is 2.43. The van der Waals surface area contributed by atoms with Gasteiger partial charge in [-0.2, -0.15) is 0 Å². The van der Waals surface area contributed by atoms with Gasteiger partial charge in [-0.25, -0.2) is 0 Å². The number of aryl methyl sites for hydroxylation is 1. The molecule has 2 atom stereocenters. The van der Waals surface area contributed by atoms with E-state index >= 15 is 0 Å². The number of hydrogen-bond acceptors (Lipinski definition) is 3. The minimum absolute atomic E-state index is 0.0711. The molecule has 2 heterocycles. The molecule has 0 saturated carbocycles. The first-order valence-corrected chi connectivity index (χ1v) is 5.99. The van der Waals surface area contributed by atoms with Gasteiger partial charge in [0.05, 0.1) is 12.0 Å². The van der Waals surface area contributed by atoms with Crippen LogP contribution in [-0.4, -0.2) is 33.4 Å². The monoisotopic (exact) mass is 248 g/mol. The van der Waals surface area contributed by atoms with Crippen molar-refractivity contribution in [1.29, 1.82) is 0 Å². The number of hydrogen-bond donors (Lipinski definition) is 1. The third-order valence-corrected chi connectivity index (χ3v) is 3.37. The lowest BCUT2D eigenvalue weighted by Crippen LogP contribution is -2.30. The van der Waals surface area contributed by atoms with Crippen molar-refractivity contribution in [2.24, 2.45) is 5.92 Å². The zero-order valence-corrected chi connectivity index (χ0v) is 10.5. The Balaban J connectivity index is 2.39. The van der Waals surface area contributed by atoms with Crippen molar-refractivity contribution in [3.8, 4) is 0 Å². The lowest BCUT2D eigenvalue weighted by Gasteiger charge is -2.25. The van der Waals surface area contributed by atoms with Crippen LogP contribution in [0.15, 0.2) is 18.3 Å². The van der Waals surface area contributed by atoms with Gasteiger partial charge < -0.3 is 10.0 Å². The zero-order chi connectivity index (χ0) is 13.3. The quantitative estimate of drug-likeness (QED) is 0.877. The molecule has 0 spiro atoms. The van der Waals surface area contributed by atoms with E-state index in [1.807, 2.05) is 26.0 Å². The molecule has 96 valence electrons. The van der Waals surface area contributed by atoms with Crippen molar-refractivity contribution in [3.05, 3.63) is 29.6 Å². The molecule has 5 nitrogen and oxygen atoms in total. The van der Waals surface area contributed by atoms with Gasteiger partial charge in [0.2, 0.25) is 5.91 Å². The summed E-state index contributed by atoms with van der Waals surface area (Å²) in [6.07, 6.45) is 1.74. The van der Waals surface area contributed by atoms with E-state index in [1.54, 1.807) is 11.1 Å². The SMILES string of the molecule is CCN1C(=O)CC(C(=O)O)C1c1ccc(C)nc1. The Bertz CT molecular complexity index is 470. The van der Waals surface area contributed by atoms with Crippen LogP contribution in [0.25, 0.3) is 0 Å². The van der Waals surface area contributed by atoms with Gasteiger partial charge in [-0.1, -0.05) is 6.07 Å². The predicted octanol–water partition coefficient (Wildman–Crippen LogP) is 1.38. The minimum atomic E-state index is -0.926. The number of nitrogens with zero attached hydrogens (tertiary/aromatic N) is 2. The maximum atomic E-state index is 11.8. The van der Waals surface area contributed by atoms with Crippen molar-refractivity contribution < 1.29 is 14.7 Å². The topological polar surface area (TPSA) is 70.5 Å². The number of carboxylic acids is 1. The molecule has 1 N–H and O–H groups in total. The molecule has 1 aliphatic rings. The summed E-state index contributed by atoms with van der Waals surface area (Å²) in [5.41, 5.74) is 1.67. The van der Waals surface area contributed by atoms with Crippen LogP contribution in [0.1, 0.15) is 30.6 Å². The van der Waals surface area contributed by atoms with Crippen molar-refractivity contribution in [2.45, 2.75) is 26.3 Å². The molecule has 1 aromatic rings. The first kappa shape index (κ1) is 12.5. The maximum absolute atomic E-state index is 11.8. The number of amides is 1. The summed E-state index contributed by atoms with van der Waals surface area (Å²) in [4.78, 5) is 28.9. The molecule has 5 heteroatoms. The van der Waals surface area contributed by atoms with Crippen LogP contribution in [0, 0.1) is 12.8 Å². The van der Waals surface area contributed by atoms with E-state index < -0.39 is 17.9 Å². The maximum Gasteiger partial charge on any atom is 0.309 e. The van der Waals surface area contributed by atoms with Crippen molar-refractivity contribution in [1.82, 2.24) is 9.88 Å². The number of rotatable bonds is 3. The highest BCUT2D eigenvalue weighted by molar-refractivity contribution is 5.87. The van der Waals surface area contributed by atoms with Gasteiger partial charge in [0.15, 0.2) is 0 Å². The average Bonchev–Trinajstić information content (AvgIpc) is 2.67. The summed E-state index contributed by atoms with van der Waals surface area (Å²) in [7, 11) is 0. The predicted molar refractivity (Wildman–Crippen MR) is 64.8 cm³/mol. The standard InChI is InChI=1S/C13H16N2O3/c1-3-15-11(16)6-10(13(17)18)12(15)9-5-4-8(2)14-7-9/h4-5,7,10,12H,3,6H2,1-2H3,(H,17,18). The molecular formula is C13H16N2O3. The largest absolute Gasteiger partial charge is 0.481 e. The Labute approximate surface area is 105 Å². The summed E-state index contributed by atoms with van der Waals surface area (Å²) in [5.74, 6) is -1.71. The van der Waals surface area contributed by atoms with Crippen LogP contribution >= 0.6 is 0 Å². The van der Waals surface area contributed by atoms with Gasteiger partial charge in [-0.3, -0.25) is 14.6 Å². The van der Waals surface area contributed by atoms with Crippen molar-refractivity contribution in [2.75, 3.05) is 6.54 Å². The molecule has 2 rings (SSSR count). The highest BCUT2D eigenvalue weighted by atomic mass is 16.4.